The Hall–Kier alpha value is -1.42. The number of hydrogen-bond acceptors (Lipinski definition) is 6. The fourth-order valence-electron chi connectivity index (χ4n) is 2.63. The van der Waals surface area contributed by atoms with Gasteiger partial charge in [0, 0.05) is 43.8 Å². The molecule has 9 nitrogen and oxygen atoms in total. The quantitative estimate of drug-likeness (QED) is 0.431. The predicted molar refractivity (Wildman–Crippen MR) is 88.8 cm³/mol. The molecule has 1 amide bonds. The van der Waals surface area contributed by atoms with E-state index in [9.17, 15) is 23.3 Å². The number of hydrogen-bond donors (Lipinski definition) is 1. The first-order chi connectivity index (χ1) is 10.8. The number of sulfonamides is 1. The standard InChI is InChI=1S/C14H27N3O6S/c1-13(2,3)23-12(18)16-10-7-14(8-11-16,17(19)20)6-5-9-15-24(4,21)22/h15H,5-11H2,1-4H3. The van der Waals surface area contributed by atoms with Gasteiger partial charge in [0.15, 0.2) is 0 Å². The fraction of sp³-hybridized carbons (Fsp3) is 0.929. The molecule has 24 heavy (non-hydrogen) atoms. The summed E-state index contributed by atoms with van der Waals surface area (Å²) in [5.41, 5.74) is -1.72. The van der Waals surface area contributed by atoms with Crippen molar-refractivity contribution in [1.29, 1.82) is 0 Å². The zero-order valence-corrected chi connectivity index (χ0v) is 15.5. The minimum absolute atomic E-state index is 0.171. The van der Waals surface area contributed by atoms with Crippen LogP contribution in [0, 0.1) is 10.1 Å². The molecule has 0 saturated carbocycles. The van der Waals surface area contributed by atoms with E-state index in [0.717, 1.165) is 6.26 Å². The fourth-order valence-corrected chi connectivity index (χ4v) is 3.15. The molecule has 140 valence electrons. The van der Waals surface area contributed by atoms with Crippen LogP contribution in [-0.4, -0.2) is 61.4 Å². The molecule has 0 radical (unpaired) electrons. The molecule has 0 aromatic heterocycles. The molecule has 1 aliphatic heterocycles. The van der Waals surface area contributed by atoms with E-state index in [-0.39, 0.29) is 43.8 Å². The van der Waals surface area contributed by atoms with Crippen molar-refractivity contribution in [3.8, 4) is 0 Å². The lowest BCUT2D eigenvalue weighted by atomic mass is 9.84. The zero-order chi connectivity index (χ0) is 18.6. The first-order valence-electron chi connectivity index (χ1n) is 7.92. The highest BCUT2D eigenvalue weighted by atomic mass is 32.2. The minimum Gasteiger partial charge on any atom is -0.444 e. The van der Waals surface area contributed by atoms with E-state index in [0.29, 0.717) is 6.42 Å². The van der Waals surface area contributed by atoms with Gasteiger partial charge >= 0.3 is 6.09 Å². The van der Waals surface area contributed by atoms with Gasteiger partial charge in [-0.25, -0.2) is 17.9 Å². The molecule has 0 atom stereocenters. The van der Waals surface area contributed by atoms with E-state index in [1.54, 1.807) is 20.8 Å². The monoisotopic (exact) mass is 365 g/mol. The Bertz CT molecular complexity index is 562. The molecular formula is C14H27N3O6S. The molecule has 0 aliphatic carbocycles. The molecule has 0 bridgehead atoms. The van der Waals surface area contributed by atoms with E-state index in [1.807, 2.05) is 0 Å². The predicted octanol–water partition coefficient (Wildman–Crippen LogP) is 1.36. The van der Waals surface area contributed by atoms with Gasteiger partial charge in [-0.3, -0.25) is 10.1 Å². The molecular weight excluding hydrogens is 338 g/mol. The summed E-state index contributed by atoms with van der Waals surface area (Å²) in [6.07, 6.45) is 1.70. The summed E-state index contributed by atoms with van der Waals surface area (Å²) in [4.78, 5) is 24.7. The average molecular weight is 365 g/mol. The maximum Gasteiger partial charge on any atom is 0.410 e. The SMILES string of the molecule is CC(C)(C)OC(=O)N1CCC(CCCNS(C)(=O)=O)([N+](=O)[O-])CC1. The second kappa shape index (κ2) is 7.64. The number of piperidine rings is 1. The van der Waals surface area contributed by atoms with Crippen molar-refractivity contribution >= 4 is 16.1 Å². The Kier molecular flexibility index (Phi) is 6.57. The Balaban J connectivity index is 2.57. The Morgan fingerprint density at radius 1 is 1.33 bits per heavy atom. The van der Waals surface area contributed by atoms with Gasteiger partial charge in [-0.15, -0.1) is 0 Å². The van der Waals surface area contributed by atoms with Gasteiger partial charge in [-0.2, -0.15) is 0 Å². The molecule has 0 aromatic carbocycles. The number of amides is 1. The summed E-state index contributed by atoms with van der Waals surface area (Å²) in [5.74, 6) is 0. The number of nitrogens with one attached hydrogen (secondary N) is 1. The molecule has 1 heterocycles. The number of likely N-dealkylation sites (tertiary alicyclic amines) is 1. The third kappa shape index (κ3) is 6.60. The highest BCUT2D eigenvalue weighted by Crippen LogP contribution is 2.31. The lowest BCUT2D eigenvalue weighted by molar-refractivity contribution is -0.576. The molecule has 0 unspecified atom stereocenters. The molecule has 10 heteroatoms. The summed E-state index contributed by atoms with van der Waals surface area (Å²) in [6.45, 7) is 6.00. The highest BCUT2D eigenvalue weighted by molar-refractivity contribution is 7.88. The van der Waals surface area contributed by atoms with Crippen LogP contribution in [0.1, 0.15) is 46.5 Å². The Morgan fingerprint density at radius 3 is 2.29 bits per heavy atom. The number of nitrogens with zero attached hydrogens (tertiary/aromatic N) is 2. The largest absolute Gasteiger partial charge is 0.444 e. The number of nitro groups is 1. The maximum atomic E-state index is 12.0. The van der Waals surface area contributed by atoms with Crippen molar-refractivity contribution in [1.82, 2.24) is 9.62 Å². The number of rotatable bonds is 6. The third-order valence-electron chi connectivity index (χ3n) is 3.92. The van der Waals surface area contributed by atoms with Crippen LogP contribution < -0.4 is 4.72 Å². The van der Waals surface area contributed by atoms with Crippen molar-refractivity contribution in [3.05, 3.63) is 10.1 Å². The van der Waals surface area contributed by atoms with Crippen LogP contribution in [0.3, 0.4) is 0 Å². The summed E-state index contributed by atoms with van der Waals surface area (Å²) >= 11 is 0. The van der Waals surface area contributed by atoms with E-state index in [2.05, 4.69) is 4.72 Å². The normalized spacial score (nSPS) is 18.2. The van der Waals surface area contributed by atoms with E-state index in [1.165, 1.54) is 4.90 Å². The van der Waals surface area contributed by atoms with Crippen LogP contribution in [0.5, 0.6) is 0 Å². The molecule has 1 N–H and O–H groups in total. The van der Waals surface area contributed by atoms with Crippen LogP contribution in [0.15, 0.2) is 0 Å². The smallest absolute Gasteiger partial charge is 0.410 e. The second-order valence-electron chi connectivity index (χ2n) is 7.22. The third-order valence-corrected chi connectivity index (χ3v) is 4.64. The van der Waals surface area contributed by atoms with Crippen LogP contribution in [0.25, 0.3) is 0 Å². The molecule has 1 aliphatic rings. The van der Waals surface area contributed by atoms with Gasteiger partial charge < -0.3 is 9.64 Å². The van der Waals surface area contributed by atoms with Crippen LogP contribution >= 0.6 is 0 Å². The van der Waals surface area contributed by atoms with E-state index < -0.39 is 27.3 Å². The number of carbonyl (C=O) groups is 1. The summed E-state index contributed by atoms with van der Waals surface area (Å²) in [5, 5.41) is 11.5. The minimum atomic E-state index is -3.29. The molecule has 0 spiro atoms. The number of carbonyl (C=O) groups excluding carboxylic acids is 1. The summed E-state index contributed by atoms with van der Waals surface area (Å²) in [7, 11) is -3.29. The van der Waals surface area contributed by atoms with Gasteiger partial charge in [0.25, 0.3) is 0 Å². The Morgan fingerprint density at radius 2 is 1.88 bits per heavy atom. The lowest BCUT2D eigenvalue weighted by Crippen LogP contribution is -2.51. The molecule has 1 rings (SSSR count). The topological polar surface area (TPSA) is 119 Å². The van der Waals surface area contributed by atoms with Crippen LogP contribution in [-0.2, 0) is 14.8 Å². The van der Waals surface area contributed by atoms with Crippen LogP contribution in [0.4, 0.5) is 4.79 Å². The molecule has 0 aromatic rings. The summed E-state index contributed by atoms with van der Waals surface area (Å²) in [6, 6.07) is 0. The highest BCUT2D eigenvalue weighted by Gasteiger charge is 2.46. The van der Waals surface area contributed by atoms with Crippen molar-refractivity contribution in [2.45, 2.75) is 57.6 Å². The van der Waals surface area contributed by atoms with Crippen molar-refractivity contribution in [3.63, 3.8) is 0 Å². The average Bonchev–Trinajstić information content (AvgIpc) is 2.41. The lowest BCUT2D eigenvalue weighted by Gasteiger charge is -2.36. The van der Waals surface area contributed by atoms with Crippen molar-refractivity contribution in [2.75, 3.05) is 25.9 Å². The summed E-state index contributed by atoms with van der Waals surface area (Å²) < 4.78 is 29.7. The van der Waals surface area contributed by atoms with Crippen molar-refractivity contribution in [2.24, 2.45) is 0 Å². The van der Waals surface area contributed by atoms with E-state index in [4.69, 9.17) is 4.74 Å². The van der Waals surface area contributed by atoms with Crippen LogP contribution in [0.2, 0.25) is 0 Å². The first-order valence-corrected chi connectivity index (χ1v) is 9.81. The van der Waals surface area contributed by atoms with Gasteiger partial charge in [0.2, 0.25) is 15.6 Å². The maximum absolute atomic E-state index is 12.0. The second-order valence-corrected chi connectivity index (χ2v) is 9.05. The molecule has 1 fully saturated rings. The van der Waals surface area contributed by atoms with Gasteiger partial charge in [0.05, 0.1) is 6.26 Å². The molecule has 1 saturated heterocycles. The van der Waals surface area contributed by atoms with Gasteiger partial charge in [-0.1, -0.05) is 0 Å². The number of ether oxygens (including phenoxy) is 1. The first kappa shape index (κ1) is 20.6. The Labute approximate surface area is 142 Å². The van der Waals surface area contributed by atoms with Gasteiger partial charge in [-0.05, 0) is 27.2 Å². The van der Waals surface area contributed by atoms with Gasteiger partial charge in [0.1, 0.15) is 5.60 Å². The van der Waals surface area contributed by atoms with E-state index >= 15 is 0 Å². The van der Waals surface area contributed by atoms with Crippen molar-refractivity contribution < 1.29 is 22.9 Å². The zero-order valence-electron chi connectivity index (χ0n) is 14.7.